The van der Waals surface area contributed by atoms with Crippen LogP contribution in [0.5, 0.6) is 0 Å². The fourth-order valence-electron chi connectivity index (χ4n) is 2.98. The summed E-state index contributed by atoms with van der Waals surface area (Å²) < 4.78 is 5.89. The molecule has 0 spiro atoms. The molecule has 1 rings (SSSR count). The number of ether oxygens (including phenoxy) is 1. The van der Waals surface area contributed by atoms with E-state index < -0.39 is 0 Å². The first kappa shape index (κ1) is 20.7. The predicted octanol–water partition coefficient (Wildman–Crippen LogP) is 7.92. The van der Waals surface area contributed by atoms with Gasteiger partial charge in [0.2, 0.25) is 0 Å². The van der Waals surface area contributed by atoms with Crippen molar-refractivity contribution in [1.82, 2.24) is 0 Å². The number of rotatable bonds is 16. The van der Waals surface area contributed by atoms with Crippen molar-refractivity contribution in [3.05, 3.63) is 22.4 Å². The molecule has 1 aromatic rings. The molecule has 0 aromatic carbocycles. The summed E-state index contributed by atoms with van der Waals surface area (Å²) in [5, 5.41) is 4.31. The average Bonchev–Trinajstić information content (AvgIpc) is 3.09. The Morgan fingerprint density at radius 1 is 0.826 bits per heavy atom. The number of thiophene rings is 1. The molecule has 0 bridgehead atoms. The van der Waals surface area contributed by atoms with Gasteiger partial charge in [-0.2, -0.15) is 11.3 Å². The molecule has 1 heterocycles. The summed E-state index contributed by atoms with van der Waals surface area (Å²) >= 11 is 1.75. The van der Waals surface area contributed by atoms with Crippen molar-refractivity contribution < 1.29 is 4.74 Å². The zero-order chi connectivity index (χ0) is 16.6. The van der Waals surface area contributed by atoms with Crippen LogP contribution in [-0.4, -0.2) is 6.61 Å². The van der Waals surface area contributed by atoms with E-state index in [0.717, 1.165) is 6.61 Å². The fraction of sp³-hybridized carbons (Fsp3) is 0.810. The van der Waals surface area contributed by atoms with Crippen molar-refractivity contribution in [2.75, 3.05) is 6.61 Å². The Kier molecular flexibility index (Phi) is 13.7. The number of hydrogen-bond acceptors (Lipinski definition) is 2. The van der Waals surface area contributed by atoms with E-state index in [1.54, 1.807) is 11.3 Å². The van der Waals surface area contributed by atoms with Crippen LogP contribution in [0.1, 0.15) is 109 Å². The van der Waals surface area contributed by atoms with Gasteiger partial charge in [-0.1, -0.05) is 84.0 Å². The molecule has 0 fully saturated rings. The third-order valence-electron chi connectivity index (χ3n) is 4.63. The second-order valence-electron chi connectivity index (χ2n) is 6.81. The molecule has 1 nitrogen and oxygen atoms in total. The second-order valence-corrected chi connectivity index (χ2v) is 7.59. The SMILES string of the molecule is CCCCCCCCCCCCCCCOC(C)c1ccsc1. The summed E-state index contributed by atoms with van der Waals surface area (Å²) in [6.45, 7) is 5.36. The van der Waals surface area contributed by atoms with Crippen molar-refractivity contribution >= 4 is 11.3 Å². The monoisotopic (exact) mass is 338 g/mol. The second kappa shape index (κ2) is 15.2. The molecule has 2 heteroatoms. The topological polar surface area (TPSA) is 9.23 Å². The van der Waals surface area contributed by atoms with Crippen molar-refractivity contribution in [3.63, 3.8) is 0 Å². The number of unbranched alkanes of at least 4 members (excludes halogenated alkanes) is 12. The molecule has 1 aromatic heterocycles. The van der Waals surface area contributed by atoms with E-state index in [1.807, 2.05) is 0 Å². The van der Waals surface area contributed by atoms with Gasteiger partial charge in [0.1, 0.15) is 0 Å². The Morgan fingerprint density at radius 2 is 1.35 bits per heavy atom. The van der Waals surface area contributed by atoms with Gasteiger partial charge >= 0.3 is 0 Å². The minimum absolute atomic E-state index is 0.263. The average molecular weight is 339 g/mol. The molecule has 1 atom stereocenters. The first-order chi connectivity index (χ1) is 11.3. The standard InChI is InChI=1S/C21H38OS/c1-3-4-5-6-7-8-9-10-11-12-13-14-15-17-22-20(2)21-16-18-23-19-21/h16,18-20H,3-15,17H2,1-2H3. The summed E-state index contributed by atoms with van der Waals surface area (Å²) in [5.41, 5.74) is 1.32. The molecular formula is C21H38OS. The van der Waals surface area contributed by atoms with Crippen LogP contribution in [-0.2, 0) is 4.74 Å². The fourth-order valence-corrected chi connectivity index (χ4v) is 3.72. The minimum Gasteiger partial charge on any atom is -0.374 e. The Hall–Kier alpha value is -0.340. The van der Waals surface area contributed by atoms with Gasteiger partial charge in [-0.3, -0.25) is 0 Å². The van der Waals surface area contributed by atoms with Gasteiger partial charge in [0.15, 0.2) is 0 Å². The predicted molar refractivity (Wildman–Crippen MR) is 104 cm³/mol. The molecule has 134 valence electrons. The molecule has 0 N–H and O–H groups in total. The lowest BCUT2D eigenvalue weighted by Gasteiger charge is -2.11. The Bertz CT molecular complexity index is 334. The summed E-state index contributed by atoms with van der Waals surface area (Å²) in [6, 6.07) is 2.17. The zero-order valence-electron chi connectivity index (χ0n) is 15.5. The molecule has 0 aliphatic carbocycles. The van der Waals surface area contributed by atoms with Crippen LogP contribution in [0, 0.1) is 0 Å². The highest BCUT2D eigenvalue weighted by Gasteiger charge is 2.04. The van der Waals surface area contributed by atoms with E-state index in [0.29, 0.717) is 0 Å². The Balaban J connectivity index is 1.75. The molecule has 0 aliphatic rings. The molecule has 0 amide bonds. The van der Waals surface area contributed by atoms with Gasteiger partial charge in [0, 0.05) is 6.61 Å². The van der Waals surface area contributed by atoms with E-state index >= 15 is 0 Å². The molecule has 0 radical (unpaired) electrons. The normalized spacial score (nSPS) is 12.6. The lowest BCUT2D eigenvalue weighted by molar-refractivity contribution is 0.0630. The maximum Gasteiger partial charge on any atom is 0.0804 e. The van der Waals surface area contributed by atoms with Gasteiger partial charge in [-0.25, -0.2) is 0 Å². The van der Waals surface area contributed by atoms with Crippen molar-refractivity contribution in [2.45, 2.75) is 103 Å². The van der Waals surface area contributed by atoms with Crippen LogP contribution in [0.25, 0.3) is 0 Å². The van der Waals surface area contributed by atoms with E-state index in [2.05, 4.69) is 30.7 Å². The third kappa shape index (κ3) is 11.8. The summed E-state index contributed by atoms with van der Waals surface area (Å²) in [4.78, 5) is 0. The molecule has 0 aliphatic heterocycles. The lowest BCUT2D eigenvalue weighted by atomic mass is 10.0. The zero-order valence-corrected chi connectivity index (χ0v) is 16.3. The van der Waals surface area contributed by atoms with E-state index in [-0.39, 0.29) is 6.10 Å². The highest BCUT2D eigenvalue weighted by atomic mass is 32.1. The highest BCUT2D eigenvalue weighted by Crippen LogP contribution is 2.20. The van der Waals surface area contributed by atoms with E-state index in [4.69, 9.17) is 4.74 Å². The molecule has 1 unspecified atom stereocenters. The van der Waals surface area contributed by atoms with Crippen LogP contribution in [0.2, 0.25) is 0 Å². The van der Waals surface area contributed by atoms with Gasteiger partial charge < -0.3 is 4.74 Å². The third-order valence-corrected chi connectivity index (χ3v) is 5.33. The lowest BCUT2D eigenvalue weighted by Crippen LogP contribution is -2.00. The first-order valence-corrected chi connectivity index (χ1v) is 10.9. The first-order valence-electron chi connectivity index (χ1n) is 9.98. The summed E-state index contributed by atoms with van der Waals surface area (Å²) in [6.07, 6.45) is 18.5. The quantitative estimate of drug-likeness (QED) is 0.278. The Labute approximate surface area is 148 Å². The van der Waals surface area contributed by atoms with Crippen LogP contribution in [0.4, 0.5) is 0 Å². The van der Waals surface area contributed by atoms with Crippen molar-refractivity contribution in [2.24, 2.45) is 0 Å². The van der Waals surface area contributed by atoms with Crippen LogP contribution in [0.15, 0.2) is 16.8 Å². The highest BCUT2D eigenvalue weighted by molar-refractivity contribution is 7.07. The maximum absolute atomic E-state index is 5.89. The maximum atomic E-state index is 5.89. The number of hydrogen-bond donors (Lipinski definition) is 0. The molecule has 23 heavy (non-hydrogen) atoms. The van der Waals surface area contributed by atoms with Crippen LogP contribution in [0.3, 0.4) is 0 Å². The summed E-state index contributed by atoms with van der Waals surface area (Å²) in [5.74, 6) is 0. The van der Waals surface area contributed by atoms with Crippen LogP contribution >= 0.6 is 11.3 Å². The van der Waals surface area contributed by atoms with E-state index in [1.165, 1.54) is 89.0 Å². The molecular weight excluding hydrogens is 300 g/mol. The van der Waals surface area contributed by atoms with Crippen molar-refractivity contribution in [1.29, 1.82) is 0 Å². The Morgan fingerprint density at radius 3 is 1.83 bits per heavy atom. The largest absolute Gasteiger partial charge is 0.374 e. The molecule has 0 saturated heterocycles. The minimum atomic E-state index is 0.263. The summed E-state index contributed by atoms with van der Waals surface area (Å²) in [7, 11) is 0. The van der Waals surface area contributed by atoms with Crippen molar-refractivity contribution in [3.8, 4) is 0 Å². The van der Waals surface area contributed by atoms with Gasteiger partial charge in [-0.05, 0) is 35.7 Å². The molecule has 0 saturated carbocycles. The van der Waals surface area contributed by atoms with Crippen LogP contribution < -0.4 is 0 Å². The van der Waals surface area contributed by atoms with Gasteiger partial charge in [-0.15, -0.1) is 0 Å². The smallest absolute Gasteiger partial charge is 0.0804 e. The van der Waals surface area contributed by atoms with Gasteiger partial charge in [0.25, 0.3) is 0 Å². The van der Waals surface area contributed by atoms with E-state index in [9.17, 15) is 0 Å². The van der Waals surface area contributed by atoms with Gasteiger partial charge in [0.05, 0.1) is 6.10 Å².